The zero-order chi connectivity index (χ0) is 12.9. The summed E-state index contributed by atoms with van der Waals surface area (Å²) in [5.41, 5.74) is 0. The zero-order valence-electron chi connectivity index (χ0n) is 10.9. The van der Waals surface area contributed by atoms with Crippen molar-refractivity contribution in [2.24, 2.45) is 17.0 Å². The lowest BCUT2D eigenvalue weighted by Gasteiger charge is -2.31. The first-order chi connectivity index (χ1) is 7.87. The second kappa shape index (κ2) is 6.71. The van der Waals surface area contributed by atoms with Crippen LogP contribution in [0.2, 0.25) is 0 Å². The number of nitrogens with two attached hydrogens (primary N) is 1. The summed E-state index contributed by atoms with van der Waals surface area (Å²) in [5.74, 6) is 1.55. The number of rotatable bonds is 6. The predicted molar refractivity (Wildman–Crippen MR) is 69.1 cm³/mol. The summed E-state index contributed by atoms with van der Waals surface area (Å²) in [6.45, 7) is 5.19. The van der Waals surface area contributed by atoms with E-state index in [0.717, 1.165) is 31.1 Å². The maximum atomic E-state index is 10.7. The van der Waals surface area contributed by atoms with Crippen molar-refractivity contribution in [1.29, 1.82) is 0 Å². The first-order valence-corrected chi connectivity index (χ1v) is 8.20. The Balaban J connectivity index is 2.10. The molecule has 102 valence electrons. The first-order valence-electron chi connectivity index (χ1n) is 6.49. The number of ether oxygens (including phenoxy) is 1. The van der Waals surface area contributed by atoms with Gasteiger partial charge in [0.2, 0.25) is 10.0 Å². The van der Waals surface area contributed by atoms with Crippen LogP contribution in [0.5, 0.6) is 0 Å². The van der Waals surface area contributed by atoms with E-state index in [4.69, 9.17) is 9.88 Å². The molecule has 0 aliphatic heterocycles. The van der Waals surface area contributed by atoms with Crippen LogP contribution in [0, 0.1) is 11.8 Å². The fraction of sp³-hybridized carbons (Fsp3) is 1.00. The van der Waals surface area contributed by atoms with Crippen LogP contribution in [0.15, 0.2) is 0 Å². The molecule has 0 amide bonds. The molecule has 1 aliphatic rings. The summed E-state index contributed by atoms with van der Waals surface area (Å²) in [4.78, 5) is 0. The lowest BCUT2D eigenvalue weighted by Crippen LogP contribution is -2.26. The van der Waals surface area contributed by atoms with Gasteiger partial charge >= 0.3 is 0 Å². The van der Waals surface area contributed by atoms with E-state index in [1.165, 1.54) is 6.42 Å². The number of primary sulfonamides is 1. The van der Waals surface area contributed by atoms with Crippen LogP contribution in [-0.4, -0.2) is 26.9 Å². The molecular formula is C12H25NO3S. The highest BCUT2D eigenvalue weighted by molar-refractivity contribution is 7.89. The Morgan fingerprint density at radius 2 is 1.71 bits per heavy atom. The van der Waals surface area contributed by atoms with Crippen LogP contribution in [0.4, 0.5) is 0 Å². The van der Waals surface area contributed by atoms with E-state index in [2.05, 4.69) is 13.8 Å². The largest absolute Gasteiger partial charge is 0.378 e. The minimum Gasteiger partial charge on any atom is -0.378 e. The van der Waals surface area contributed by atoms with E-state index < -0.39 is 10.0 Å². The Morgan fingerprint density at radius 1 is 1.12 bits per heavy atom. The van der Waals surface area contributed by atoms with Crippen molar-refractivity contribution in [3.63, 3.8) is 0 Å². The third-order valence-corrected chi connectivity index (χ3v) is 4.17. The molecule has 0 saturated heterocycles. The molecule has 1 aliphatic carbocycles. The number of hydrogen-bond donors (Lipinski definition) is 1. The molecule has 0 aromatic rings. The molecule has 17 heavy (non-hydrogen) atoms. The highest BCUT2D eigenvalue weighted by Gasteiger charge is 2.24. The van der Waals surface area contributed by atoms with Gasteiger partial charge in [-0.1, -0.05) is 13.8 Å². The second-order valence-electron chi connectivity index (χ2n) is 5.48. The van der Waals surface area contributed by atoms with Gasteiger partial charge in [-0.15, -0.1) is 0 Å². The lowest BCUT2D eigenvalue weighted by molar-refractivity contribution is -0.0000593. The Kier molecular flexibility index (Phi) is 5.89. The highest BCUT2D eigenvalue weighted by atomic mass is 32.2. The molecule has 2 N–H and O–H groups in total. The Bertz CT molecular complexity index is 306. The molecule has 0 radical (unpaired) electrons. The number of sulfonamides is 1. The highest BCUT2D eigenvalue weighted by Crippen LogP contribution is 2.30. The van der Waals surface area contributed by atoms with E-state index in [9.17, 15) is 8.42 Å². The summed E-state index contributed by atoms with van der Waals surface area (Å²) in [5, 5.41) is 4.93. The molecule has 4 nitrogen and oxygen atoms in total. The van der Waals surface area contributed by atoms with Gasteiger partial charge in [0.25, 0.3) is 0 Å². The third-order valence-electron chi connectivity index (χ3n) is 3.31. The molecule has 0 aromatic carbocycles. The van der Waals surface area contributed by atoms with Gasteiger partial charge in [-0.2, -0.15) is 0 Å². The lowest BCUT2D eigenvalue weighted by atomic mass is 9.82. The van der Waals surface area contributed by atoms with Crippen molar-refractivity contribution in [2.45, 2.75) is 52.1 Å². The monoisotopic (exact) mass is 263 g/mol. The van der Waals surface area contributed by atoms with Crippen molar-refractivity contribution >= 4 is 10.0 Å². The average Bonchev–Trinajstić information content (AvgIpc) is 2.13. The smallest absolute Gasteiger partial charge is 0.209 e. The van der Waals surface area contributed by atoms with Gasteiger partial charge in [0.1, 0.15) is 0 Å². The normalized spacial score (nSPS) is 30.4. The van der Waals surface area contributed by atoms with Crippen molar-refractivity contribution in [2.75, 3.05) is 12.4 Å². The van der Waals surface area contributed by atoms with E-state index in [1.807, 2.05) is 0 Å². The van der Waals surface area contributed by atoms with Gasteiger partial charge in [0, 0.05) is 6.61 Å². The molecule has 0 bridgehead atoms. The van der Waals surface area contributed by atoms with Gasteiger partial charge in [-0.25, -0.2) is 13.6 Å². The summed E-state index contributed by atoms with van der Waals surface area (Å²) in [6.07, 6.45) is 5.31. The van der Waals surface area contributed by atoms with Gasteiger partial charge < -0.3 is 4.74 Å². The van der Waals surface area contributed by atoms with Crippen LogP contribution in [0.3, 0.4) is 0 Å². The summed E-state index contributed by atoms with van der Waals surface area (Å²) in [7, 11) is -3.30. The predicted octanol–water partition coefficient (Wildman–Crippen LogP) is 1.90. The average molecular weight is 263 g/mol. The number of hydrogen-bond acceptors (Lipinski definition) is 3. The molecule has 1 rings (SSSR count). The van der Waals surface area contributed by atoms with Gasteiger partial charge in [-0.05, 0) is 43.9 Å². The molecule has 2 atom stereocenters. The van der Waals surface area contributed by atoms with Crippen LogP contribution < -0.4 is 5.14 Å². The number of unbranched alkanes of at least 4 members (excludes halogenated alkanes) is 1. The Hall–Kier alpha value is -0.130. The first kappa shape index (κ1) is 14.9. The molecular weight excluding hydrogens is 238 g/mol. The van der Waals surface area contributed by atoms with Crippen molar-refractivity contribution in [1.82, 2.24) is 0 Å². The molecule has 1 saturated carbocycles. The quantitative estimate of drug-likeness (QED) is 0.744. The second-order valence-corrected chi connectivity index (χ2v) is 7.22. The molecule has 0 heterocycles. The van der Waals surface area contributed by atoms with Crippen molar-refractivity contribution in [3.8, 4) is 0 Å². The van der Waals surface area contributed by atoms with Crippen LogP contribution >= 0.6 is 0 Å². The Morgan fingerprint density at radius 3 is 2.24 bits per heavy atom. The van der Waals surface area contributed by atoms with Gasteiger partial charge in [0.05, 0.1) is 11.9 Å². The third kappa shape index (κ3) is 7.01. The van der Waals surface area contributed by atoms with Crippen LogP contribution in [0.1, 0.15) is 46.0 Å². The topological polar surface area (TPSA) is 69.4 Å². The molecule has 5 heteroatoms. The van der Waals surface area contributed by atoms with Crippen molar-refractivity contribution in [3.05, 3.63) is 0 Å². The van der Waals surface area contributed by atoms with Crippen LogP contribution in [0.25, 0.3) is 0 Å². The van der Waals surface area contributed by atoms with E-state index >= 15 is 0 Å². The summed E-state index contributed by atoms with van der Waals surface area (Å²) in [6, 6.07) is 0. The SMILES string of the molecule is CC1CC(C)CC(OCCCCS(N)(=O)=O)C1. The minimum absolute atomic E-state index is 0.0633. The minimum atomic E-state index is -3.30. The fourth-order valence-corrected chi connectivity index (χ4v) is 3.27. The Labute approximate surface area is 105 Å². The van der Waals surface area contributed by atoms with Crippen LogP contribution in [-0.2, 0) is 14.8 Å². The van der Waals surface area contributed by atoms with E-state index in [1.54, 1.807) is 0 Å². The fourth-order valence-electron chi connectivity index (χ4n) is 2.66. The van der Waals surface area contributed by atoms with E-state index in [0.29, 0.717) is 19.1 Å². The maximum Gasteiger partial charge on any atom is 0.209 e. The van der Waals surface area contributed by atoms with Gasteiger partial charge in [-0.3, -0.25) is 0 Å². The molecule has 0 spiro atoms. The zero-order valence-corrected chi connectivity index (χ0v) is 11.7. The van der Waals surface area contributed by atoms with Gasteiger partial charge in [0.15, 0.2) is 0 Å². The van der Waals surface area contributed by atoms with E-state index in [-0.39, 0.29) is 5.75 Å². The molecule has 2 unspecified atom stereocenters. The van der Waals surface area contributed by atoms with Crippen molar-refractivity contribution < 1.29 is 13.2 Å². The molecule has 1 fully saturated rings. The summed E-state index contributed by atoms with van der Waals surface area (Å²) < 4.78 is 27.2. The molecule has 0 aromatic heterocycles. The summed E-state index contributed by atoms with van der Waals surface area (Å²) >= 11 is 0. The standard InChI is InChI=1S/C12H25NO3S/c1-10-7-11(2)9-12(8-10)16-5-3-4-6-17(13,14)15/h10-12H,3-9H2,1-2H3,(H2,13,14,15). The maximum absolute atomic E-state index is 10.7.